The number of benzene rings is 1. The van der Waals surface area contributed by atoms with Gasteiger partial charge in [-0.25, -0.2) is 0 Å². The smallest absolute Gasteiger partial charge is 0.268 e. The van der Waals surface area contributed by atoms with Crippen molar-refractivity contribution in [3.8, 4) is 0 Å². The molecular formula is C13H14BrN3O2S. The van der Waals surface area contributed by atoms with Crippen molar-refractivity contribution >= 4 is 33.4 Å². The topological polar surface area (TPSA) is 61.0 Å². The number of non-ortho nitro benzene ring substituents is 1. The molecule has 2 aromatic rings. The number of hydrogen-bond donors (Lipinski definition) is 0. The minimum atomic E-state index is -0.388. The van der Waals surface area contributed by atoms with Crippen molar-refractivity contribution < 1.29 is 4.92 Å². The lowest BCUT2D eigenvalue weighted by atomic mass is 10.3. The number of halogens is 1. The maximum atomic E-state index is 10.6. The molecule has 0 atom stereocenters. The number of nitro benzene ring substituents is 1. The van der Waals surface area contributed by atoms with E-state index in [9.17, 15) is 10.1 Å². The van der Waals surface area contributed by atoms with Gasteiger partial charge in [0.1, 0.15) is 0 Å². The van der Waals surface area contributed by atoms with Crippen LogP contribution in [0.3, 0.4) is 0 Å². The van der Waals surface area contributed by atoms with Crippen LogP contribution < -0.4 is 0 Å². The highest BCUT2D eigenvalue weighted by atomic mass is 79.9. The van der Waals surface area contributed by atoms with Gasteiger partial charge in [-0.15, -0.1) is 11.8 Å². The van der Waals surface area contributed by atoms with Crippen molar-refractivity contribution in [2.45, 2.75) is 31.0 Å². The summed E-state index contributed by atoms with van der Waals surface area (Å²) in [4.78, 5) is 11.2. The molecule has 106 valence electrons. The molecule has 0 bridgehead atoms. The van der Waals surface area contributed by atoms with Crippen LogP contribution in [0.2, 0.25) is 0 Å². The molecule has 0 radical (unpaired) electrons. The van der Waals surface area contributed by atoms with E-state index in [-0.39, 0.29) is 10.6 Å². The van der Waals surface area contributed by atoms with E-state index >= 15 is 0 Å². The van der Waals surface area contributed by atoms with Crippen LogP contribution in [0.15, 0.2) is 33.6 Å². The van der Waals surface area contributed by atoms with Gasteiger partial charge in [0.05, 0.1) is 20.8 Å². The first kappa shape index (κ1) is 15.1. The Hall–Kier alpha value is -1.34. The Balaban J connectivity index is 2.10. The highest BCUT2D eigenvalue weighted by Crippen LogP contribution is 2.29. The fourth-order valence-electron chi connectivity index (χ4n) is 1.82. The predicted molar refractivity (Wildman–Crippen MR) is 83.0 cm³/mol. The molecule has 7 heteroatoms. The number of nitro groups is 1. The molecule has 0 aliphatic carbocycles. The summed E-state index contributed by atoms with van der Waals surface area (Å²) in [6.07, 6.45) is 0. The molecule has 20 heavy (non-hydrogen) atoms. The summed E-state index contributed by atoms with van der Waals surface area (Å²) in [5, 5.41) is 15.0. The molecule has 1 aromatic heterocycles. The molecule has 0 N–H and O–H groups in total. The maximum Gasteiger partial charge on any atom is 0.269 e. The van der Waals surface area contributed by atoms with Gasteiger partial charge in [-0.3, -0.25) is 14.8 Å². The predicted octanol–water partition coefficient (Wildman–Crippen LogP) is 4.17. The van der Waals surface area contributed by atoms with Gasteiger partial charge in [-0.05, 0) is 41.9 Å². The first-order chi connectivity index (χ1) is 9.52. The van der Waals surface area contributed by atoms with Crippen molar-refractivity contribution in [1.82, 2.24) is 9.78 Å². The Morgan fingerprint density at radius 1 is 1.40 bits per heavy atom. The molecule has 1 heterocycles. The molecule has 5 nitrogen and oxygen atoms in total. The van der Waals surface area contributed by atoms with Gasteiger partial charge in [0.25, 0.3) is 5.69 Å². The molecule has 0 spiro atoms. The zero-order valence-corrected chi connectivity index (χ0v) is 13.6. The van der Waals surface area contributed by atoms with E-state index in [0.717, 1.165) is 33.1 Å². The third-order valence-corrected chi connectivity index (χ3v) is 4.93. The standard InChI is InChI=1S/C13H14BrN3O2S/c1-3-16-12(13(14)9(2)15-16)8-20-11-6-4-10(5-7-11)17(18)19/h4-7H,3,8H2,1-2H3. The Labute approximate surface area is 129 Å². The Bertz CT molecular complexity index is 625. The molecule has 0 unspecified atom stereocenters. The zero-order valence-electron chi connectivity index (χ0n) is 11.2. The van der Waals surface area contributed by atoms with E-state index < -0.39 is 0 Å². The van der Waals surface area contributed by atoms with E-state index in [2.05, 4.69) is 28.0 Å². The van der Waals surface area contributed by atoms with Crippen LogP contribution in [0, 0.1) is 17.0 Å². The lowest BCUT2D eigenvalue weighted by Crippen LogP contribution is -2.01. The van der Waals surface area contributed by atoms with Crippen LogP contribution in [0.25, 0.3) is 0 Å². The minimum absolute atomic E-state index is 0.116. The maximum absolute atomic E-state index is 10.6. The lowest BCUT2D eigenvalue weighted by molar-refractivity contribution is -0.384. The largest absolute Gasteiger partial charge is 0.269 e. The lowest BCUT2D eigenvalue weighted by Gasteiger charge is -2.05. The van der Waals surface area contributed by atoms with Gasteiger partial charge in [0, 0.05) is 29.3 Å². The van der Waals surface area contributed by atoms with Gasteiger partial charge >= 0.3 is 0 Å². The minimum Gasteiger partial charge on any atom is -0.268 e. The van der Waals surface area contributed by atoms with E-state index in [1.165, 1.54) is 12.1 Å². The number of aryl methyl sites for hydroxylation is 2. The van der Waals surface area contributed by atoms with Crippen LogP contribution in [-0.2, 0) is 12.3 Å². The van der Waals surface area contributed by atoms with Crippen molar-refractivity contribution in [3.63, 3.8) is 0 Å². The number of thioether (sulfide) groups is 1. The van der Waals surface area contributed by atoms with Gasteiger partial charge in [0.15, 0.2) is 0 Å². The van der Waals surface area contributed by atoms with Crippen molar-refractivity contribution in [2.75, 3.05) is 0 Å². The average molecular weight is 356 g/mol. The van der Waals surface area contributed by atoms with E-state index in [1.807, 2.05) is 11.6 Å². The second-order valence-corrected chi connectivity index (χ2v) is 6.04. The summed E-state index contributed by atoms with van der Waals surface area (Å²) in [6.45, 7) is 4.85. The van der Waals surface area contributed by atoms with Crippen LogP contribution in [0.1, 0.15) is 18.3 Å². The number of nitrogens with zero attached hydrogens (tertiary/aromatic N) is 3. The second-order valence-electron chi connectivity index (χ2n) is 4.20. The Morgan fingerprint density at radius 3 is 2.60 bits per heavy atom. The second kappa shape index (κ2) is 6.41. The van der Waals surface area contributed by atoms with Gasteiger partial charge in [0.2, 0.25) is 0 Å². The summed E-state index contributed by atoms with van der Waals surface area (Å²) in [5.41, 5.74) is 2.23. The van der Waals surface area contributed by atoms with Crippen molar-refractivity contribution in [2.24, 2.45) is 0 Å². The van der Waals surface area contributed by atoms with Crippen LogP contribution in [0.5, 0.6) is 0 Å². The fraction of sp³-hybridized carbons (Fsp3) is 0.308. The van der Waals surface area contributed by atoms with Crippen molar-refractivity contribution in [1.29, 1.82) is 0 Å². The highest BCUT2D eigenvalue weighted by Gasteiger charge is 2.12. The average Bonchev–Trinajstić information content (AvgIpc) is 2.72. The van der Waals surface area contributed by atoms with E-state index in [0.29, 0.717) is 0 Å². The molecule has 0 aliphatic heterocycles. The van der Waals surface area contributed by atoms with Gasteiger partial charge < -0.3 is 0 Å². The molecule has 0 saturated heterocycles. The number of hydrogen-bond acceptors (Lipinski definition) is 4. The van der Waals surface area contributed by atoms with Gasteiger partial charge in [-0.2, -0.15) is 5.10 Å². The summed E-state index contributed by atoms with van der Waals surface area (Å²) in [6, 6.07) is 6.60. The number of rotatable bonds is 5. The first-order valence-corrected chi connectivity index (χ1v) is 7.89. The molecule has 1 aromatic carbocycles. The first-order valence-electron chi connectivity index (χ1n) is 6.12. The molecule has 0 amide bonds. The molecule has 2 rings (SSSR count). The van der Waals surface area contributed by atoms with Crippen LogP contribution in [0.4, 0.5) is 5.69 Å². The monoisotopic (exact) mass is 355 g/mol. The molecule has 0 fully saturated rings. The van der Waals surface area contributed by atoms with Crippen LogP contribution in [-0.4, -0.2) is 14.7 Å². The van der Waals surface area contributed by atoms with Crippen LogP contribution >= 0.6 is 27.7 Å². The quantitative estimate of drug-likeness (QED) is 0.458. The summed E-state index contributed by atoms with van der Waals surface area (Å²) in [5.74, 6) is 0.771. The third-order valence-electron chi connectivity index (χ3n) is 2.88. The molecule has 0 saturated carbocycles. The molecular weight excluding hydrogens is 342 g/mol. The molecule has 0 aliphatic rings. The Kier molecular flexibility index (Phi) is 4.82. The third kappa shape index (κ3) is 3.21. The van der Waals surface area contributed by atoms with E-state index in [1.54, 1.807) is 23.9 Å². The normalized spacial score (nSPS) is 10.8. The summed E-state index contributed by atoms with van der Waals surface area (Å²) < 4.78 is 3.01. The van der Waals surface area contributed by atoms with E-state index in [4.69, 9.17) is 0 Å². The fourth-order valence-corrected chi connectivity index (χ4v) is 3.36. The van der Waals surface area contributed by atoms with Gasteiger partial charge in [-0.1, -0.05) is 0 Å². The summed E-state index contributed by atoms with van der Waals surface area (Å²) in [7, 11) is 0. The highest BCUT2D eigenvalue weighted by molar-refractivity contribution is 9.10. The SMILES string of the molecule is CCn1nc(C)c(Br)c1CSc1ccc([N+](=O)[O-])cc1. The Morgan fingerprint density at radius 2 is 2.05 bits per heavy atom. The zero-order chi connectivity index (χ0) is 14.7. The van der Waals surface area contributed by atoms with Crippen molar-refractivity contribution in [3.05, 3.63) is 50.2 Å². The summed E-state index contributed by atoms with van der Waals surface area (Å²) >= 11 is 5.20. The number of aromatic nitrogens is 2.